The Morgan fingerprint density at radius 3 is 1.38 bits per heavy atom. The van der Waals surface area contributed by atoms with Gasteiger partial charge < -0.3 is 0 Å². The Labute approximate surface area is 151 Å². The van der Waals surface area contributed by atoms with E-state index in [2.05, 4.69) is 52.0 Å². The van der Waals surface area contributed by atoms with E-state index < -0.39 is 0 Å². The van der Waals surface area contributed by atoms with E-state index in [0.717, 1.165) is 35.5 Å². The molecule has 0 aliphatic heterocycles. The van der Waals surface area contributed by atoms with Crippen LogP contribution in [0.25, 0.3) is 0 Å². The van der Waals surface area contributed by atoms with Crippen molar-refractivity contribution in [1.82, 2.24) is 0 Å². The Bertz CT molecular complexity index is 440. The van der Waals surface area contributed by atoms with Crippen molar-refractivity contribution in [3.8, 4) is 0 Å². The van der Waals surface area contributed by atoms with Gasteiger partial charge in [0.25, 0.3) is 0 Å². The molecule has 0 N–H and O–H groups in total. The molecule has 0 nitrogen and oxygen atoms in total. The average Bonchev–Trinajstić information content (AvgIpc) is 3.26. The van der Waals surface area contributed by atoms with Crippen LogP contribution in [0, 0.1) is 23.7 Å². The second-order valence-electron chi connectivity index (χ2n) is 8.52. The van der Waals surface area contributed by atoms with E-state index in [1.807, 2.05) is 13.8 Å². The third-order valence-electron chi connectivity index (χ3n) is 6.65. The molecule has 0 bridgehead atoms. The molecule has 0 heterocycles. The lowest BCUT2D eigenvalue weighted by Gasteiger charge is -2.30. The van der Waals surface area contributed by atoms with E-state index in [1.54, 1.807) is 11.1 Å². The highest BCUT2D eigenvalue weighted by atomic mass is 14.4. The fourth-order valence-electron chi connectivity index (χ4n) is 5.53. The van der Waals surface area contributed by atoms with Gasteiger partial charge in [0.2, 0.25) is 0 Å². The van der Waals surface area contributed by atoms with Crippen LogP contribution in [0.15, 0.2) is 24.3 Å². The van der Waals surface area contributed by atoms with Crippen molar-refractivity contribution in [3.05, 3.63) is 35.4 Å². The Balaban J connectivity index is 0.00000100. The number of benzene rings is 1. The summed E-state index contributed by atoms with van der Waals surface area (Å²) in [5, 5.41) is 0. The average molecular weight is 329 g/mol. The van der Waals surface area contributed by atoms with Crippen molar-refractivity contribution in [2.24, 2.45) is 23.7 Å². The number of hydrogen-bond donors (Lipinski definition) is 0. The molecule has 2 fully saturated rings. The van der Waals surface area contributed by atoms with Crippen LogP contribution in [0.5, 0.6) is 0 Å². The van der Waals surface area contributed by atoms with Gasteiger partial charge >= 0.3 is 0 Å². The van der Waals surface area contributed by atoms with Crippen LogP contribution in [0.2, 0.25) is 0 Å². The zero-order chi connectivity index (χ0) is 17.7. The highest BCUT2D eigenvalue weighted by Gasteiger charge is 2.36. The first-order valence-corrected chi connectivity index (χ1v) is 10.7. The SMILES string of the molecule is CC.CC(C)C1CCCC1c1ccccc1C1CCCC1C(C)C. The van der Waals surface area contributed by atoms with Gasteiger partial charge in [-0.3, -0.25) is 0 Å². The summed E-state index contributed by atoms with van der Waals surface area (Å²) in [6.07, 6.45) is 8.57. The molecule has 2 aliphatic rings. The summed E-state index contributed by atoms with van der Waals surface area (Å²) in [6, 6.07) is 9.51. The Kier molecular flexibility index (Phi) is 7.38. The zero-order valence-corrected chi connectivity index (χ0v) is 17.0. The molecule has 136 valence electrons. The van der Waals surface area contributed by atoms with Crippen LogP contribution in [0.4, 0.5) is 0 Å². The molecule has 0 saturated heterocycles. The van der Waals surface area contributed by atoms with Crippen molar-refractivity contribution in [3.63, 3.8) is 0 Å². The molecule has 1 aromatic carbocycles. The topological polar surface area (TPSA) is 0 Å². The van der Waals surface area contributed by atoms with E-state index in [0.29, 0.717) is 0 Å². The Morgan fingerprint density at radius 1 is 0.667 bits per heavy atom. The lowest BCUT2D eigenvalue weighted by molar-refractivity contribution is 0.340. The Morgan fingerprint density at radius 2 is 1.04 bits per heavy atom. The van der Waals surface area contributed by atoms with Crippen molar-refractivity contribution < 1.29 is 0 Å². The quantitative estimate of drug-likeness (QED) is 0.529. The van der Waals surface area contributed by atoms with Crippen molar-refractivity contribution >= 4 is 0 Å². The summed E-state index contributed by atoms with van der Waals surface area (Å²) >= 11 is 0. The van der Waals surface area contributed by atoms with Crippen LogP contribution in [0.3, 0.4) is 0 Å². The second-order valence-corrected chi connectivity index (χ2v) is 8.52. The van der Waals surface area contributed by atoms with Gasteiger partial charge in [-0.15, -0.1) is 0 Å². The lowest BCUT2D eigenvalue weighted by Crippen LogP contribution is -2.18. The fraction of sp³-hybridized carbons (Fsp3) is 0.750. The van der Waals surface area contributed by atoms with Gasteiger partial charge in [-0.25, -0.2) is 0 Å². The van der Waals surface area contributed by atoms with Gasteiger partial charge in [0.15, 0.2) is 0 Å². The molecular formula is C24H40. The van der Waals surface area contributed by atoms with Crippen LogP contribution >= 0.6 is 0 Å². The molecule has 1 aromatic rings. The molecule has 0 spiro atoms. The summed E-state index contributed by atoms with van der Waals surface area (Å²) in [4.78, 5) is 0. The van der Waals surface area contributed by atoms with Crippen LogP contribution in [-0.2, 0) is 0 Å². The molecule has 3 rings (SSSR count). The Hall–Kier alpha value is -0.780. The maximum absolute atomic E-state index is 2.47. The van der Waals surface area contributed by atoms with Crippen LogP contribution < -0.4 is 0 Å². The molecule has 4 unspecified atom stereocenters. The molecule has 0 heteroatoms. The van der Waals surface area contributed by atoms with Gasteiger partial charge in [-0.1, -0.05) is 78.6 Å². The minimum atomic E-state index is 0.824. The van der Waals surface area contributed by atoms with Gasteiger partial charge in [-0.05, 0) is 72.3 Å². The summed E-state index contributed by atoms with van der Waals surface area (Å²) in [6.45, 7) is 13.7. The molecule has 2 saturated carbocycles. The van der Waals surface area contributed by atoms with Crippen LogP contribution in [-0.4, -0.2) is 0 Å². The molecule has 4 atom stereocenters. The van der Waals surface area contributed by atoms with Crippen molar-refractivity contribution in [1.29, 1.82) is 0 Å². The number of hydrogen-bond acceptors (Lipinski definition) is 0. The van der Waals surface area contributed by atoms with Gasteiger partial charge in [0.1, 0.15) is 0 Å². The molecular weight excluding hydrogens is 288 g/mol. The molecule has 2 aliphatic carbocycles. The third-order valence-corrected chi connectivity index (χ3v) is 6.65. The molecule has 24 heavy (non-hydrogen) atoms. The summed E-state index contributed by atoms with van der Waals surface area (Å²) in [5.41, 5.74) is 3.44. The minimum absolute atomic E-state index is 0.824. The maximum Gasteiger partial charge on any atom is -0.0128 e. The van der Waals surface area contributed by atoms with Gasteiger partial charge in [-0.2, -0.15) is 0 Å². The highest BCUT2D eigenvalue weighted by Crippen LogP contribution is 2.50. The summed E-state index contributed by atoms with van der Waals surface area (Å²) < 4.78 is 0. The van der Waals surface area contributed by atoms with Gasteiger partial charge in [0, 0.05) is 0 Å². The third kappa shape index (κ3) is 4.06. The smallest absolute Gasteiger partial charge is 0.0128 e. The molecule has 0 radical (unpaired) electrons. The zero-order valence-electron chi connectivity index (χ0n) is 17.0. The standard InChI is InChI=1S/C22H34.C2H6/c1-15(2)17-11-7-13-19(17)21-9-5-6-10-22(21)20-14-8-12-18(20)16(3)4;1-2/h5-6,9-10,15-20H,7-8,11-14H2,1-4H3;1-2H3. The summed E-state index contributed by atoms with van der Waals surface area (Å²) in [7, 11) is 0. The fourth-order valence-corrected chi connectivity index (χ4v) is 5.53. The second kappa shape index (κ2) is 9.07. The minimum Gasteiger partial charge on any atom is -0.0683 e. The first-order valence-electron chi connectivity index (χ1n) is 10.7. The largest absolute Gasteiger partial charge is 0.0683 e. The van der Waals surface area contributed by atoms with Crippen molar-refractivity contribution in [2.45, 2.75) is 91.9 Å². The van der Waals surface area contributed by atoms with E-state index in [1.165, 1.54) is 38.5 Å². The summed E-state index contributed by atoms with van der Waals surface area (Å²) in [5.74, 6) is 5.10. The molecule has 0 aromatic heterocycles. The maximum atomic E-state index is 2.47. The monoisotopic (exact) mass is 328 g/mol. The first kappa shape index (κ1) is 19.5. The first-order chi connectivity index (χ1) is 11.6. The van der Waals surface area contributed by atoms with E-state index >= 15 is 0 Å². The highest BCUT2D eigenvalue weighted by molar-refractivity contribution is 5.35. The van der Waals surface area contributed by atoms with E-state index in [-0.39, 0.29) is 0 Å². The van der Waals surface area contributed by atoms with E-state index in [4.69, 9.17) is 0 Å². The molecule has 0 amide bonds. The predicted molar refractivity (Wildman–Crippen MR) is 108 cm³/mol. The van der Waals surface area contributed by atoms with Gasteiger partial charge in [0.05, 0.1) is 0 Å². The lowest BCUT2D eigenvalue weighted by atomic mass is 9.74. The van der Waals surface area contributed by atoms with E-state index in [9.17, 15) is 0 Å². The number of rotatable bonds is 4. The normalized spacial score (nSPS) is 29.8. The van der Waals surface area contributed by atoms with Crippen LogP contribution in [0.1, 0.15) is 103 Å². The predicted octanol–water partition coefficient (Wildman–Crippen LogP) is 7.79. The van der Waals surface area contributed by atoms with Crippen molar-refractivity contribution in [2.75, 3.05) is 0 Å².